The molecule has 1 amide bonds. The van der Waals surface area contributed by atoms with Gasteiger partial charge in [0.25, 0.3) is 5.91 Å². The SMILES string of the molecule is CCOC(=O)c1c(C)c(C(=O)CN(CCC(C)C)C(=O)c2ccccc2)c(C)n1CC. The molecule has 0 aliphatic carbocycles. The Morgan fingerprint density at radius 1 is 1.06 bits per heavy atom. The number of ether oxygens (including phenoxy) is 1. The van der Waals surface area contributed by atoms with E-state index in [1.54, 1.807) is 30.9 Å². The number of benzene rings is 1. The van der Waals surface area contributed by atoms with Gasteiger partial charge in [-0.1, -0.05) is 32.0 Å². The Morgan fingerprint density at radius 2 is 1.71 bits per heavy atom. The Hall–Kier alpha value is -2.89. The smallest absolute Gasteiger partial charge is 0.355 e. The third-order valence-electron chi connectivity index (χ3n) is 5.45. The van der Waals surface area contributed by atoms with Crippen molar-refractivity contribution in [3.8, 4) is 0 Å². The molecule has 0 aliphatic rings. The predicted octanol–water partition coefficient (Wildman–Crippen LogP) is 4.67. The molecule has 6 heteroatoms. The third-order valence-corrected chi connectivity index (χ3v) is 5.45. The predicted molar refractivity (Wildman–Crippen MR) is 122 cm³/mol. The van der Waals surface area contributed by atoms with Crippen molar-refractivity contribution in [3.63, 3.8) is 0 Å². The van der Waals surface area contributed by atoms with Gasteiger partial charge < -0.3 is 14.2 Å². The van der Waals surface area contributed by atoms with Crippen LogP contribution in [0.15, 0.2) is 30.3 Å². The number of ketones is 1. The average molecular weight is 427 g/mol. The first-order valence-electron chi connectivity index (χ1n) is 11.0. The van der Waals surface area contributed by atoms with Crippen molar-refractivity contribution in [1.82, 2.24) is 9.47 Å². The monoisotopic (exact) mass is 426 g/mol. The van der Waals surface area contributed by atoms with Crippen LogP contribution in [-0.2, 0) is 11.3 Å². The van der Waals surface area contributed by atoms with E-state index in [-0.39, 0.29) is 24.8 Å². The van der Waals surface area contributed by atoms with Crippen molar-refractivity contribution >= 4 is 17.7 Å². The fraction of sp³-hybridized carbons (Fsp3) is 0.480. The lowest BCUT2D eigenvalue weighted by molar-refractivity contribution is 0.0512. The topological polar surface area (TPSA) is 68.6 Å². The minimum Gasteiger partial charge on any atom is -0.461 e. The second kappa shape index (κ2) is 10.9. The molecule has 1 heterocycles. The molecule has 0 atom stereocenters. The van der Waals surface area contributed by atoms with Crippen LogP contribution in [0.3, 0.4) is 0 Å². The van der Waals surface area contributed by atoms with E-state index in [9.17, 15) is 14.4 Å². The van der Waals surface area contributed by atoms with Crippen LogP contribution >= 0.6 is 0 Å². The molecule has 1 aromatic carbocycles. The van der Waals surface area contributed by atoms with E-state index in [0.29, 0.717) is 41.4 Å². The van der Waals surface area contributed by atoms with Crippen molar-refractivity contribution in [2.75, 3.05) is 19.7 Å². The Labute approximate surface area is 185 Å². The maximum absolute atomic E-state index is 13.4. The molecule has 0 saturated heterocycles. The lowest BCUT2D eigenvalue weighted by Crippen LogP contribution is -2.37. The molecule has 6 nitrogen and oxygen atoms in total. The number of esters is 1. The molecule has 0 unspecified atom stereocenters. The quantitative estimate of drug-likeness (QED) is 0.409. The Kier molecular flexibility index (Phi) is 8.60. The highest BCUT2D eigenvalue weighted by Crippen LogP contribution is 2.24. The van der Waals surface area contributed by atoms with Crippen molar-refractivity contribution < 1.29 is 19.1 Å². The lowest BCUT2D eigenvalue weighted by atomic mass is 10.0. The van der Waals surface area contributed by atoms with E-state index in [0.717, 1.165) is 12.1 Å². The van der Waals surface area contributed by atoms with Gasteiger partial charge in [0.05, 0.1) is 13.2 Å². The fourth-order valence-corrected chi connectivity index (χ4v) is 3.85. The minimum absolute atomic E-state index is 0.0296. The number of carbonyl (C=O) groups is 3. The third kappa shape index (κ3) is 5.63. The van der Waals surface area contributed by atoms with Gasteiger partial charge >= 0.3 is 5.97 Å². The van der Waals surface area contributed by atoms with E-state index in [4.69, 9.17) is 4.74 Å². The lowest BCUT2D eigenvalue weighted by Gasteiger charge is -2.23. The molecule has 1 aromatic heterocycles. The molecular formula is C25H34N2O4. The van der Waals surface area contributed by atoms with Crippen molar-refractivity contribution in [2.24, 2.45) is 5.92 Å². The van der Waals surface area contributed by atoms with Gasteiger partial charge in [0.2, 0.25) is 0 Å². The Bertz CT molecular complexity index is 929. The number of nitrogens with zero attached hydrogens (tertiary/aromatic N) is 2. The second-order valence-corrected chi connectivity index (χ2v) is 8.10. The molecule has 0 bridgehead atoms. The first-order valence-corrected chi connectivity index (χ1v) is 11.0. The first kappa shape index (κ1) is 24.4. The van der Waals surface area contributed by atoms with Crippen molar-refractivity contribution in [2.45, 2.75) is 54.5 Å². The summed E-state index contributed by atoms with van der Waals surface area (Å²) in [4.78, 5) is 40.6. The van der Waals surface area contributed by atoms with Gasteiger partial charge in [0.1, 0.15) is 5.69 Å². The molecule has 0 spiro atoms. The van der Waals surface area contributed by atoms with Crippen LogP contribution in [0, 0.1) is 19.8 Å². The van der Waals surface area contributed by atoms with Gasteiger partial charge in [-0.25, -0.2) is 4.79 Å². The summed E-state index contributed by atoms with van der Waals surface area (Å²) in [5.41, 5.74) is 2.81. The molecule has 0 saturated carbocycles. The van der Waals surface area contributed by atoms with Crippen LogP contribution in [0.1, 0.15) is 76.6 Å². The van der Waals surface area contributed by atoms with E-state index in [2.05, 4.69) is 13.8 Å². The average Bonchev–Trinajstić information content (AvgIpc) is 3.00. The zero-order chi connectivity index (χ0) is 23.1. The largest absolute Gasteiger partial charge is 0.461 e. The fourth-order valence-electron chi connectivity index (χ4n) is 3.85. The standard InChI is InChI=1S/C25H34N2O4/c1-7-27-19(6)22(18(5)23(27)25(30)31-8-2)21(28)16-26(15-14-17(3)4)24(29)20-12-10-9-11-13-20/h9-13,17H,7-8,14-16H2,1-6H3. The molecule has 0 N–H and O–H groups in total. The number of hydrogen-bond acceptors (Lipinski definition) is 4. The van der Waals surface area contributed by atoms with Crippen LogP contribution in [0.25, 0.3) is 0 Å². The summed E-state index contributed by atoms with van der Waals surface area (Å²) in [6, 6.07) is 9.02. The summed E-state index contributed by atoms with van der Waals surface area (Å²) in [7, 11) is 0. The van der Waals surface area contributed by atoms with Crippen molar-refractivity contribution in [1.29, 1.82) is 0 Å². The first-order chi connectivity index (χ1) is 14.7. The van der Waals surface area contributed by atoms with Crippen LogP contribution in [0.4, 0.5) is 0 Å². The van der Waals surface area contributed by atoms with Crippen LogP contribution in [-0.4, -0.2) is 46.8 Å². The van der Waals surface area contributed by atoms with Crippen LogP contribution in [0.5, 0.6) is 0 Å². The highest BCUT2D eigenvalue weighted by Gasteiger charge is 2.28. The van der Waals surface area contributed by atoms with E-state index in [1.807, 2.05) is 36.6 Å². The molecule has 2 rings (SSSR count). The zero-order valence-electron chi connectivity index (χ0n) is 19.5. The second-order valence-electron chi connectivity index (χ2n) is 8.10. The maximum atomic E-state index is 13.4. The van der Waals surface area contributed by atoms with Gasteiger partial charge in [0, 0.05) is 29.9 Å². The van der Waals surface area contributed by atoms with Gasteiger partial charge in [-0.3, -0.25) is 9.59 Å². The van der Waals surface area contributed by atoms with E-state index >= 15 is 0 Å². The number of aromatic nitrogens is 1. The number of carbonyl (C=O) groups excluding carboxylic acids is 3. The maximum Gasteiger partial charge on any atom is 0.355 e. The summed E-state index contributed by atoms with van der Waals surface area (Å²) in [6.45, 7) is 12.8. The van der Waals surface area contributed by atoms with E-state index < -0.39 is 5.97 Å². The normalized spacial score (nSPS) is 10.9. The highest BCUT2D eigenvalue weighted by molar-refractivity contribution is 6.06. The van der Waals surface area contributed by atoms with Gasteiger partial charge in [-0.15, -0.1) is 0 Å². The molecule has 31 heavy (non-hydrogen) atoms. The number of amides is 1. The molecular weight excluding hydrogens is 392 g/mol. The summed E-state index contributed by atoms with van der Waals surface area (Å²) < 4.78 is 7.02. The minimum atomic E-state index is -0.430. The molecule has 0 fully saturated rings. The Balaban J connectivity index is 2.38. The van der Waals surface area contributed by atoms with Gasteiger partial charge in [-0.2, -0.15) is 0 Å². The number of Topliss-reactive ketones (excluding diaryl/α,β-unsaturated/α-hetero) is 1. The molecule has 0 radical (unpaired) electrons. The summed E-state index contributed by atoms with van der Waals surface area (Å²) in [5, 5.41) is 0. The molecule has 168 valence electrons. The van der Waals surface area contributed by atoms with Crippen molar-refractivity contribution in [3.05, 3.63) is 58.4 Å². The van der Waals surface area contributed by atoms with Gasteiger partial charge in [0.15, 0.2) is 5.78 Å². The van der Waals surface area contributed by atoms with Crippen LogP contribution < -0.4 is 0 Å². The summed E-state index contributed by atoms with van der Waals surface area (Å²) in [5.74, 6) is -0.353. The van der Waals surface area contributed by atoms with Gasteiger partial charge in [-0.05, 0) is 57.7 Å². The number of hydrogen-bond donors (Lipinski definition) is 0. The molecule has 0 aliphatic heterocycles. The van der Waals surface area contributed by atoms with E-state index in [1.165, 1.54) is 0 Å². The molecule has 2 aromatic rings. The zero-order valence-corrected chi connectivity index (χ0v) is 19.5. The Morgan fingerprint density at radius 3 is 2.26 bits per heavy atom. The van der Waals surface area contributed by atoms with Crippen LogP contribution in [0.2, 0.25) is 0 Å². The summed E-state index contributed by atoms with van der Waals surface area (Å²) >= 11 is 0. The summed E-state index contributed by atoms with van der Waals surface area (Å²) in [6.07, 6.45) is 0.799. The highest BCUT2D eigenvalue weighted by atomic mass is 16.5. The number of rotatable bonds is 10.